The van der Waals surface area contributed by atoms with Crippen LogP contribution in [0.25, 0.3) is 10.8 Å². The van der Waals surface area contributed by atoms with Crippen LogP contribution in [0, 0.1) is 0 Å². The number of aromatic hydroxyl groups is 1. The van der Waals surface area contributed by atoms with Gasteiger partial charge in [0.1, 0.15) is 11.9 Å². The standard InChI is InChI=1S/C19H14O3/c20-16-9-7-13(8-10-16)17(21)19-18(22-19)15-6-5-12-3-1-2-4-14(12)11-15/h1-11,18-20H. The summed E-state index contributed by atoms with van der Waals surface area (Å²) in [4.78, 5) is 12.4. The van der Waals surface area contributed by atoms with Gasteiger partial charge in [-0.2, -0.15) is 0 Å². The molecule has 2 atom stereocenters. The van der Waals surface area contributed by atoms with Gasteiger partial charge < -0.3 is 9.84 Å². The Morgan fingerprint density at radius 2 is 1.64 bits per heavy atom. The molecule has 1 fully saturated rings. The van der Waals surface area contributed by atoms with Gasteiger partial charge in [-0.05, 0) is 46.7 Å². The van der Waals surface area contributed by atoms with E-state index in [1.807, 2.05) is 18.2 Å². The van der Waals surface area contributed by atoms with Gasteiger partial charge in [0.05, 0.1) is 0 Å². The lowest BCUT2D eigenvalue weighted by Crippen LogP contribution is -2.07. The molecule has 1 saturated heterocycles. The molecule has 0 radical (unpaired) electrons. The van der Waals surface area contributed by atoms with Crippen molar-refractivity contribution in [1.82, 2.24) is 0 Å². The molecule has 1 heterocycles. The van der Waals surface area contributed by atoms with Crippen molar-refractivity contribution in [3.05, 3.63) is 77.9 Å². The van der Waals surface area contributed by atoms with Crippen LogP contribution in [0.15, 0.2) is 66.7 Å². The quantitative estimate of drug-likeness (QED) is 0.588. The zero-order valence-electron chi connectivity index (χ0n) is 11.8. The van der Waals surface area contributed by atoms with E-state index in [0.29, 0.717) is 5.56 Å². The number of carbonyl (C=O) groups excluding carboxylic acids is 1. The molecule has 0 aliphatic carbocycles. The van der Waals surface area contributed by atoms with Crippen molar-refractivity contribution >= 4 is 16.6 Å². The first-order valence-corrected chi connectivity index (χ1v) is 7.20. The minimum absolute atomic E-state index is 0.0434. The fourth-order valence-electron chi connectivity index (χ4n) is 2.74. The number of phenolic OH excluding ortho intramolecular Hbond substituents is 1. The number of phenols is 1. The van der Waals surface area contributed by atoms with Crippen LogP contribution in [0.5, 0.6) is 5.75 Å². The second-order valence-corrected chi connectivity index (χ2v) is 5.49. The average molecular weight is 290 g/mol. The number of fused-ring (bicyclic) bond motifs is 1. The summed E-state index contributed by atoms with van der Waals surface area (Å²) in [6.07, 6.45) is -0.600. The molecule has 22 heavy (non-hydrogen) atoms. The van der Waals surface area contributed by atoms with Gasteiger partial charge in [-0.15, -0.1) is 0 Å². The summed E-state index contributed by atoms with van der Waals surface area (Å²) >= 11 is 0. The van der Waals surface area contributed by atoms with Gasteiger partial charge in [0.2, 0.25) is 0 Å². The molecule has 0 saturated carbocycles. The number of epoxide rings is 1. The van der Waals surface area contributed by atoms with E-state index in [2.05, 4.69) is 24.3 Å². The maximum atomic E-state index is 12.4. The summed E-state index contributed by atoms with van der Waals surface area (Å²) in [5.74, 6) is 0.109. The van der Waals surface area contributed by atoms with Crippen LogP contribution in [-0.2, 0) is 4.74 Å². The predicted molar refractivity (Wildman–Crippen MR) is 84.0 cm³/mol. The molecular formula is C19H14O3. The highest BCUT2D eigenvalue weighted by atomic mass is 16.6. The second-order valence-electron chi connectivity index (χ2n) is 5.49. The SMILES string of the molecule is O=C(c1ccc(O)cc1)C1OC1c1ccc2ccccc2c1. The lowest BCUT2D eigenvalue weighted by molar-refractivity contribution is 0.0953. The number of ketones is 1. The molecule has 108 valence electrons. The van der Waals surface area contributed by atoms with Gasteiger partial charge in [-0.25, -0.2) is 0 Å². The van der Waals surface area contributed by atoms with Gasteiger partial charge in [-0.1, -0.05) is 36.4 Å². The van der Waals surface area contributed by atoms with Crippen LogP contribution >= 0.6 is 0 Å². The van der Waals surface area contributed by atoms with E-state index in [0.717, 1.165) is 10.9 Å². The van der Waals surface area contributed by atoms with Gasteiger partial charge in [0.15, 0.2) is 11.9 Å². The summed E-state index contributed by atoms with van der Waals surface area (Å²) in [7, 11) is 0. The molecule has 2 unspecified atom stereocenters. The minimum Gasteiger partial charge on any atom is -0.508 e. The van der Waals surface area contributed by atoms with Gasteiger partial charge >= 0.3 is 0 Å². The molecule has 1 aliphatic rings. The van der Waals surface area contributed by atoms with E-state index >= 15 is 0 Å². The highest BCUT2D eigenvalue weighted by Gasteiger charge is 2.46. The Morgan fingerprint density at radius 1 is 0.909 bits per heavy atom. The van der Waals surface area contributed by atoms with E-state index in [1.165, 1.54) is 17.5 Å². The van der Waals surface area contributed by atoms with Crippen LogP contribution in [0.3, 0.4) is 0 Å². The second kappa shape index (κ2) is 4.97. The normalized spacial score (nSPS) is 20.0. The van der Waals surface area contributed by atoms with Crippen LogP contribution < -0.4 is 0 Å². The number of carbonyl (C=O) groups is 1. The van der Waals surface area contributed by atoms with Crippen molar-refractivity contribution in [3.63, 3.8) is 0 Å². The zero-order valence-corrected chi connectivity index (χ0v) is 11.8. The number of Topliss-reactive ketones (excluding diaryl/α,β-unsaturated/α-hetero) is 1. The third-order valence-corrected chi connectivity index (χ3v) is 4.00. The monoisotopic (exact) mass is 290 g/mol. The molecule has 0 spiro atoms. The molecule has 1 N–H and O–H groups in total. The highest BCUT2D eigenvalue weighted by molar-refractivity contribution is 6.01. The van der Waals surface area contributed by atoms with E-state index < -0.39 is 6.10 Å². The summed E-state index contributed by atoms with van der Waals surface area (Å²) in [6.45, 7) is 0. The Bertz CT molecular complexity index is 852. The third kappa shape index (κ3) is 2.26. The summed E-state index contributed by atoms with van der Waals surface area (Å²) in [5.41, 5.74) is 1.59. The predicted octanol–water partition coefficient (Wildman–Crippen LogP) is 3.87. The van der Waals surface area contributed by atoms with Crippen LogP contribution in [0.2, 0.25) is 0 Å². The molecule has 3 aromatic rings. The number of hydrogen-bond acceptors (Lipinski definition) is 3. The smallest absolute Gasteiger partial charge is 0.194 e. The third-order valence-electron chi connectivity index (χ3n) is 4.00. The van der Waals surface area contributed by atoms with Crippen LogP contribution in [0.4, 0.5) is 0 Å². The molecule has 0 aromatic heterocycles. The number of rotatable bonds is 3. The molecule has 0 bridgehead atoms. The molecule has 3 heteroatoms. The topological polar surface area (TPSA) is 49.8 Å². The average Bonchev–Trinajstić information content (AvgIpc) is 3.35. The zero-order chi connectivity index (χ0) is 15.1. The lowest BCUT2D eigenvalue weighted by Gasteiger charge is -2.01. The van der Waals surface area contributed by atoms with Crippen LogP contribution in [-0.4, -0.2) is 17.0 Å². The van der Waals surface area contributed by atoms with Crippen molar-refractivity contribution in [1.29, 1.82) is 0 Å². The summed E-state index contributed by atoms with van der Waals surface area (Å²) < 4.78 is 5.59. The van der Waals surface area contributed by atoms with Gasteiger partial charge in [0.25, 0.3) is 0 Å². The number of ether oxygens (including phenoxy) is 1. The van der Waals surface area contributed by atoms with Crippen LogP contribution in [0.1, 0.15) is 22.0 Å². The van der Waals surface area contributed by atoms with Gasteiger partial charge in [-0.3, -0.25) is 4.79 Å². The molecule has 4 rings (SSSR count). The van der Waals surface area contributed by atoms with E-state index in [4.69, 9.17) is 4.74 Å². The molecule has 0 amide bonds. The molecule has 3 nitrogen and oxygen atoms in total. The molecular weight excluding hydrogens is 276 g/mol. The van der Waals surface area contributed by atoms with Gasteiger partial charge in [0, 0.05) is 5.56 Å². The van der Waals surface area contributed by atoms with E-state index in [-0.39, 0.29) is 17.6 Å². The first-order chi connectivity index (χ1) is 10.7. The Balaban J connectivity index is 1.57. The number of benzene rings is 3. The summed E-state index contributed by atoms with van der Waals surface area (Å²) in [5, 5.41) is 11.6. The Morgan fingerprint density at radius 3 is 2.41 bits per heavy atom. The Kier molecular flexibility index (Phi) is 2.94. The highest BCUT2D eigenvalue weighted by Crippen LogP contribution is 2.41. The fourth-order valence-corrected chi connectivity index (χ4v) is 2.74. The fraction of sp³-hybridized carbons (Fsp3) is 0.105. The van der Waals surface area contributed by atoms with Crippen molar-refractivity contribution in [3.8, 4) is 5.75 Å². The molecule has 3 aromatic carbocycles. The number of hydrogen-bond donors (Lipinski definition) is 1. The van der Waals surface area contributed by atoms with E-state index in [1.54, 1.807) is 12.1 Å². The first kappa shape index (κ1) is 13.0. The maximum Gasteiger partial charge on any atom is 0.194 e. The minimum atomic E-state index is -0.425. The van der Waals surface area contributed by atoms with Crippen molar-refractivity contribution in [2.45, 2.75) is 12.2 Å². The van der Waals surface area contributed by atoms with Crippen molar-refractivity contribution < 1.29 is 14.6 Å². The largest absolute Gasteiger partial charge is 0.508 e. The van der Waals surface area contributed by atoms with Crippen molar-refractivity contribution in [2.24, 2.45) is 0 Å². The lowest BCUT2D eigenvalue weighted by atomic mass is 10.0. The Hall–Kier alpha value is -2.65. The molecule has 1 aliphatic heterocycles. The Labute approximate surface area is 127 Å². The van der Waals surface area contributed by atoms with Crippen molar-refractivity contribution in [2.75, 3.05) is 0 Å². The maximum absolute atomic E-state index is 12.4. The first-order valence-electron chi connectivity index (χ1n) is 7.20. The van der Waals surface area contributed by atoms with E-state index in [9.17, 15) is 9.90 Å². The summed E-state index contributed by atoms with van der Waals surface area (Å²) in [6, 6.07) is 20.5.